The van der Waals surface area contributed by atoms with Gasteiger partial charge in [0, 0.05) is 17.5 Å². The summed E-state index contributed by atoms with van der Waals surface area (Å²) in [5.74, 6) is -0.449. The third-order valence-electron chi connectivity index (χ3n) is 3.35. The Hall–Kier alpha value is -2.97. The van der Waals surface area contributed by atoms with Gasteiger partial charge in [-0.15, -0.1) is 10.2 Å². The quantitative estimate of drug-likeness (QED) is 0.383. The van der Waals surface area contributed by atoms with Crippen LogP contribution < -0.4 is 5.56 Å². The van der Waals surface area contributed by atoms with Crippen molar-refractivity contribution in [3.05, 3.63) is 66.9 Å². The fourth-order valence-corrected chi connectivity index (χ4v) is 2.47. The van der Waals surface area contributed by atoms with Gasteiger partial charge in [0.25, 0.3) is 11.2 Å². The number of aromatic amines is 1. The number of azo groups is 1. The van der Waals surface area contributed by atoms with Crippen LogP contribution in [0.5, 0.6) is 5.75 Å². The Morgan fingerprint density at radius 3 is 2.64 bits per heavy atom. The van der Waals surface area contributed by atoms with Crippen molar-refractivity contribution >= 4 is 51.2 Å². The lowest BCUT2D eigenvalue weighted by atomic mass is 10.1. The van der Waals surface area contributed by atoms with Crippen LogP contribution in [0.2, 0.25) is 10.0 Å². The molecule has 25 heavy (non-hydrogen) atoms. The second-order valence-electron chi connectivity index (χ2n) is 4.91. The number of aromatic hydroxyl groups is 1. The largest absolute Gasteiger partial charge is 0.505 e. The van der Waals surface area contributed by atoms with Crippen molar-refractivity contribution < 1.29 is 10.0 Å². The number of non-ortho nitro benzene ring substituents is 1. The Morgan fingerprint density at radius 2 is 1.92 bits per heavy atom. The molecule has 0 amide bonds. The molecule has 0 fully saturated rings. The summed E-state index contributed by atoms with van der Waals surface area (Å²) in [7, 11) is 0. The number of H-pyrrole nitrogens is 1. The maximum absolute atomic E-state index is 12.1. The van der Waals surface area contributed by atoms with Gasteiger partial charge in [-0.3, -0.25) is 14.9 Å². The lowest BCUT2D eigenvalue weighted by Gasteiger charge is -2.04. The molecule has 0 aliphatic rings. The van der Waals surface area contributed by atoms with Crippen molar-refractivity contribution in [2.75, 3.05) is 0 Å². The molecule has 0 saturated carbocycles. The molecule has 1 aromatic heterocycles. The standard InChI is InChI=1S/C15H8Cl2N4O4/c16-9-2-1-3-10(12(9)17)19-20-13-14(22)8-5-4-7(21(24)25)6-11(8)18-15(13)23/h1-6H,(H2,18,22,23). The number of halogens is 2. The van der Waals surface area contributed by atoms with Crippen LogP contribution in [0.4, 0.5) is 17.1 Å². The van der Waals surface area contributed by atoms with E-state index in [-0.39, 0.29) is 38.0 Å². The van der Waals surface area contributed by atoms with Gasteiger partial charge in [0.15, 0.2) is 11.4 Å². The zero-order valence-electron chi connectivity index (χ0n) is 12.2. The van der Waals surface area contributed by atoms with Crippen molar-refractivity contribution in [1.29, 1.82) is 0 Å². The number of fused-ring (bicyclic) bond motifs is 1. The number of hydrogen-bond donors (Lipinski definition) is 2. The van der Waals surface area contributed by atoms with Crippen molar-refractivity contribution in [3.8, 4) is 5.75 Å². The minimum atomic E-state index is -0.757. The van der Waals surface area contributed by atoms with Crippen LogP contribution in [0, 0.1) is 10.1 Å². The minimum absolute atomic E-state index is 0.108. The number of nitro groups is 1. The summed E-state index contributed by atoms with van der Waals surface area (Å²) in [4.78, 5) is 24.7. The number of nitrogens with one attached hydrogen (secondary N) is 1. The molecule has 8 nitrogen and oxygen atoms in total. The minimum Gasteiger partial charge on any atom is -0.505 e. The normalized spacial score (nSPS) is 11.3. The Balaban J connectivity index is 2.12. The molecule has 0 saturated heterocycles. The van der Waals surface area contributed by atoms with E-state index in [4.69, 9.17) is 23.2 Å². The monoisotopic (exact) mass is 378 g/mol. The molecular formula is C15H8Cl2N4O4. The SMILES string of the molecule is O=c1[nH]c2cc([N+](=O)[O-])ccc2c(O)c1N=Nc1cccc(Cl)c1Cl. The average molecular weight is 379 g/mol. The lowest BCUT2D eigenvalue weighted by molar-refractivity contribution is -0.384. The molecule has 0 atom stereocenters. The van der Waals surface area contributed by atoms with E-state index in [1.165, 1.54) is 18.2 Å². The first-order valence-corrected chi connectivity index (χ1v) is 7.53. The van der Waals surface area contributed by atoms with Gasteiger partial charge in [-0.05, 0) is 18.2 Å². The molecule has 3 rings (SSSR count). The summed E-state index contributed by atoms with van der Waals surface area (Å²) in [6.45, 7) is 0. The fraction of sp³-hybridized carbons (Fsp3) is 0. The summed E-state index contributed by atoms with van der Waals surface area (Å²) in [5, 5.41) is 29.2. The zero-order chi connectivity index (χ0) is 18.1. The molecule has 3 aromatic rings. The number of rotatable bonds is 3. The van der Waals surface area contributed by atoms with E-state index in [0.29, 0.717) is 0 Å². The van der Waals surface area contributed by atoms with Crippen molar-refractivity contribution in [2.45, 2.75) is 0 Å². The highest BCUT2D eigenvalue weighted by molar-refractivity contribution is 6.43. The molecule has 126 valence electrons. The van der Waals surface area contributed by atoms with E-state index in [1.807, 2.05) is 0 Å². The van der Waals surface area contributed by atoms with Gasteiger partial charge >= 0.3 is 0 Å². The highest BCUT2D eigenvalue weighted by Crippen LogP contribution is 2.35. The molecule has 1 heterocycles. The molecule has 0 radical (unpaired) electrons. The summed E-state index contributed by atoms with van der Waals surface area (Å²) in [5.41, 5.74) is -0.999. The van der Waals surface area contributed by atoms with Crippen LogP contribution in [-0.4, -0.2) is 15.0 Å². The second-order valence-corrected chi connectivity index (χ2v) is 5.70. The van der Waals surface area contributed by atoms with Crippen LogP contribution >= 0.6 is 23.2 Å². The van der Waals surface area contributed by atoms with E-state index >= 15 is 0 Å². The predicted molar refractivity (Wildman–Crippen MR) is 93.5 cm³/mol. The van der Waals surface area contributed by atoms with Crippen LogP contribution in [0.3, 0.4) is 0 Å². The third kappa shape index (κ3) is 3.17. The first-order chi connectivity index (χ1) is 11.9. The van der Waals surface area contributed by atoms with Gasteiger partial charge in [-0.2, -0.15) is 0 Å². The molecule has 0 aliphatic heterocycles. The van der Waals surface area contributed by atoms with Gasteiger partial charge in [0.05, 0.1) is 20.5 Å². The number of nitro benzene ring substituents is 1. The van der Waals surface area contributed by atoms with Crippen molar-refractivity contribution in [3.63, 3.8) is 0 Å². The summed E-state index contributed by atoms with van der Waals surface area (Å²) in [6, 6.07) is 8.36. The predicted octanol–water partition coefficient (Wildman–Crippen LogP) is 4.86. The smallest absolute Gasteiger partial charge is 0.280 e. The average Bonchev–Trinajstić information content (AvgIpc) is 2.57. The van der Waals surface area contributed by atoms with E-state index in [9.17, 15) is 20.0 Å². The summed E-state index contributed by atoms with van der Waals surface area (Å²) >= 11 is 11.9. The van der Waals surface area contributed by atoms with Crippen LogP contribution in [0.25, 0.3) is 10.9 Å². The fourth-order valence-electron chi connectivity index (χ4n) is 2.14. The van der Waals surface area contributed by atoms with E-state index in [1.54, 1.807) is 12.1 Å². The van der Waals surface area contributed by atoms with Gasteiger partial charge in [0.1, 0.15) is 5.69 Å². The molecular weight excluding hydrogens is 371 g/mol. The van der Waals surface area contributed by atoms with Crippen molar-refractivity contribution in [1.82, 2.24) is 4.98 Å². The van der Waals surface area contributed by atoms with Crippen LogP contribution in [0.1, 0.15) is 0 Å². The van der Waals surface area contributed by atoms with Crippen LogP contribution in [0.15, 0.2) is 51.4 Å². The molecule has 0 unspecified atom stereocenters. The molecule has 0 aliphatic carbocycles. The molecule has 2 aromatic carbocycles. The van der Waals surface area contributed by atoms with Gasteiger partial charge in [-0.25, -0.2) is 0 Å². The lowest BCUT2D eigenvalue weighted by Crippen LogP contribution is -2.05. The maximum atomic E-state index is 12.1. The van der Waals surface area contributed by atoms with Gasteiger partial charge in [-0.1, -0.05) is 29.3 Å². The van der Waals surface area contributed by atoms with E-state index in [2.05, 4.69) is 15.2 Å². The number of aromatic nitrogens is 1. The number of benzene rings is 2. The molecule has 0 bridgehead atoms. The van der Waals surface area contributed by atoms with Crippen LogP contribution in [-0.2, 0) is 0 Å². The maximum Gasteiger partial charge on any atom is 0.280 e. The zero-order valence-corrected chi connectivity index (χ0v) is 13.7. The number of pyridine rings is 1. The van der Waals surface area contributed by atoms with E-state index < -0.39 is 16.2 Å². The molecule has 2 N–H and O–H groups in total. The highest BCUT2D eigenvalue weighted by atomic mass is 35.5. The Labute approximate surface area is 149 Å². The Morgan fingerprint density at radius 1 is 1.16 bits per heavy atom. The topological polar surface area (TPSA) is 121 Å². The third-order valence-corrected chi connectivity index (χ3v) is 4.15. The van der Waals surface area contributed by atoms with Crippen molar-refractivity contribution in [2.24, 2.45) is 10.2 Å². The van der Waals surface area contributed by atoms with E-state index in [0.717, 1.165) is 6.07 Å². The first-order valence-electron chi connectivity index (χ1n) is 6.77. The number of nitrogens with zero attached hydrogens (tertiary/aromatic N) is 3. The second kappa shape index (κ2) is 6.50. The van der Waals surface area contributed by atoms with Gasteiger partial charge in [0.2, 0.25) is 0 Å². The highest BCUT2D eigenvalue weighted by Gasteiger charge is 2.15. The Bertz CT molecular complexity index is 1090. The molecule has 0 spiro atoms. The summed E-state index contributed by atoms with van der Waals surface area (Å²) in [6.07, 6.45) is 0. The summed E-state index contributed by atoms with van der Waals surface area (Å²) < 4.78 is 0. The Kier molecular flexibility index (Phi) is 4.39. The first kappa shape index (κ1) is 16.9. The molecule has 10 heteroatoms. The van der Waals surface area contributed by atoms with Gasteiger partial charge < -0.3 is 10.1 Å². The number of hydrogen-bond acceptors (Lipinski definition) is 6.